The second kappa shape index (κ2) is 3.40. The highest BCUT2D eigenvalue weighted by Gasteiger charge is 2.51. The van der Waals surface area contributed by atoms with Crippen LogP contribution in [0.1, 0.15) is 52.4 Å². The summed E-state index contributed by atoms with van der Waals surface area (Å²) in [5.41, 5.74) is 0. The third-order valence-corrected chi connectivity index (χ3v) is 3.90. The van der Waals surface area contributed by atoms with Gasteiger partial charge in [0.1, 0.15) is 0 Å². The van der Waals surface area contributed by atoms with Gasteiger partial charge in [-0.15, -0.1) is 0 Å². The molecule has 0 bridgehead atoms. The van der Waals surface area contributed by atoms with Crippen molar-refractivity contribution in [2.24, 2.45) is 23.7 Å². The summed E-state index contributed by atoms with van der Waals surface area (Å²) in [5, 5.41) is 0. The van der Waals surface area contributed by atoms with Gasteiger partial charge in [0.25, 0.3) is 0 Å². The minimum absolute atomic E-state index is 0.920. The van der Waals surface area contributed by atoms with Crippen LogP contribution < -0.4 is 0 Å². The molecule has 0 spiro atoms. The van der Waals surface area contributed by atoms with Crippen molar-refractivity contribution in [2.45, 2.75) is 52.4 Å². The Balaban J connectivity index is 1.58. The molecule has 2 fully saturated rings. The van der Waals surface area contributed by atoms with Crippen LogP contribution in [-0.4, -0.2) is 0 Å². The van der Waals surface area contributed by atoms with Crippen LogP contribution in [0.15, 0.2) is 0 Å². The summed E-state index contributed by atoms with van der Waals surface area (Å²) in [6, 6.07) is 0. The molecular formula is C12H22. The van der Waals surface area contributed by atoms with Crippen LogP contribution in [0.5, 0.6) is 0 Å². The molecule has 2 saturated carbocycles. The Morgan fingerprint density at radius 2 is 1.83 bits per heavy atom. The number of fused-ring (bicyclic) bond motifs is 1. The lowest BCUT2D eigenvalue weighted by Crippen LogP contribution is -1.91. The molecule has 0 heterocycles. The second-order valence-electron chi connectivity index (χ2n) is 5.25. The molecule has 0 aromatic heterocycles. The normalized spacial score (nSPS) is 38.8. The first-order valence-electron chi connectivity index (χ1n) is 5.79. The second-order valence-corrected chi connectivity index (χ2v) is 5.25. The van der Waals surface area contributed by atoms with Gasteiger partial charge in [0, 0.05) is 0 Å². The van der Waals surface area contributed by atoms with E-state index in [2.05, 4.69) is 13.8 Å². The van der Waals surface area contributed by atoms with E-state index in [9.17, 15) is 0 Å². The summed E-state index contributed by atoms with van der Waals surface area (Å²) >= 11 is 0. The van der Waals surface area contributed by atoms with Crippen LogP contribution >= 0.6 is 0 Å². The minimum atomic E-state index is 0.920. The molecule has 2 unspecified atom stereocenters. The van der Waals surface area contributed by atoms with E-state index >= 15 is 0 Å². The SMILES string of the molecule is CC(C)CCCC1C2CCCC12. The zero-order chi connectivity index (χ0) is 8.55. The molecule has 2 aliphatic rings. The van der Waals surface area contributed by atoms with Crippen LogP contribution in [-0.2, 0) is 0 Å². The molecule has 0 heteroatoms. The quantitative estimate of drug-likeness (QED) is 0.595. The van der Waals surface area contributed by atoms with Gasteiger partial charge >= 0.3 is 0 Å². The van der Waals surface area contributed by atoms with Crippen molar-refractivity contribution in [2.75, 3.05) is 0 Å². The standard InChI is InChI=1S/C12H22/c1-9(2)5-3-6-10-11-7-4-8-12(10)11/h9-12H,3-8H2,1-2H3. The van der Waals surface area contributed by atoms with E-state index in [1.165, 1.54) is 37.0 Å². The van der Waals surface area contributed by atoms with Gasteiger partial charge in [-0.1, -0.05) is 33.1 Å². The monoisotopic (exact) mass is 166 g/mol. The average Bonchev–Trinajstić information content (AvgIpc) is 2.49. The lowest BCUT2D eigenvalue weighted by molar-refractivity contribution is 0.477. The van der Waals surface area contributed by atoms with Gasteiger partial charge in [-0.25, -0.2) is 0 Å². The molecule has 0 N–H and O–H groups in total. The molecule has 0 aromatic rings. The zero-order valence-electron chi connectivity index (χ0n) is 8.55. The highest BCUT2D eigenvalue weighted by Crippen LogP contribution is 2.59. The summed E-state index contributed by atoms with van der Waals surface area (Å²) in [4.78, 5) is 0. The van der Waals surface area contributed by atoms with Crippen molar-refractivity contribution in [3.8, 4) is 0 Å². The molecule has 0 nitrogen and oxygen atoms in total. The maximum absolute atomic E-state index is 2.34. The Kier molecular flexibility index (Phi) is 2.43. The largest absolute Gasteiger partial charge is 0.0628 e. The van der Waals surface area contributed by atoms with Gasteiger partial charge in [-0.3, -0.25) is 0 Å². The van der Waals surface area contributed by atoms with Crippen molar-refractivity contribution in [1.82, 2.24) is 0 Å². The summed E-state index contributed by atoms with van der Waals surface area (Å²) in [6.45, 7) is 4.68. The van der Waals surface area contributed by atoms with Gasteiger partial charge in [0.15, 0.2) is 0 Å². The predicted octanol–water partition coefficient (Wildman–Crippen LogP) is 3.86. The van der Waals surface area contributed by atoms with E-state index in [0.29, 0.717) is 0 Å². The van der Waals surface area contributed by atoms with Crippen LogP contribution in [0.3, 0.4) is 0 Å². The van der Waals surface area contributed by atoms with E-state index in [1.54, 1.807) is 19.3 Å². The molecule has 0 radical (unpaired) electrons. The fourth-order valence-corrected chi connectivity index (χ4v) is 3.16. The fraction of sp³-hybridized carbons (Fsp3) is 1.00. The molecule has 2 rings (SSSR count). The molecule has 0 aromatic carbocycles. The summed E-state index contributed by atoms with van der Waals surface area (Å²) in [7, 11) is 0. The van der Waals surface area contributed by atoms with Gasteiger partial charge in [-0.2, -0.15) is 0 Å². The molecular weight excluding hydrogens is 144 g/mol. The average molecular weight is 166 g/mol. The van der Waals surface area contributed by atoms with Gasteiger partial charge < -0.3 is 0 Å². The Morgan fingerprint density at radius 1 is 1.17 bits per heavy atom. The first kappa shape index (κ1) is 8.59. The van der Waals surface area contributed by atoms with Gasteiger partial charge in [-0.05, 0) is 42.9 Å². The van der Waals surface area contributed by atoms with Crippen molar-refractivity contribution in [1.29, 1.82) is 0 Å². The molecule has 0 amide bonds. The predicted molar refractivity (Wildman–Crippen MR) is 53.0 cm³/mol. The number of rotatable bonds is 4. The Bertz CT molecular complexity index is 138. The number of hydrogen-bond donors (Lipinski definition) is 0. The maximum atomic E-state index is 2.34. The molecule has 12 heavy (non-hydrogen) atoms. The van der Waals surface area contributed by atoms with Crippen molar-refractivity contribution in [3.05, 3.63) is 0 Å². The maximum Gasteiger partial charge on any atom is -0.0352 e. The topological polar surface area (TPSA) is 0 Å². The Labute approximate surface area is 76.7 Å². The van der Waals surface area contributed by atoms with Crippen LogP contribution in [0.2, 0.25) is 0 Å². The lowest BCUT2D eigenvalue weighted by atomic mass is 10.0. The van der Waals surface area contributed by atoms with Gasteiger partial charge in [0.2, 0.25) is 0 Å². The van der Waals surface area contributed by atoms with Crippen molar-refractivity contribution < 1.29 is 0 Å². The van der Waals surface area contributed by atoms with Crippen LogP contribution in [0, 0.1) is 23.7 Å². The Morgan fingerprint density at radius 3 is 2.42 bits per heavy atom. The van der Waals surface area contributed by atoms with Crippen molar-refractivity contribution >= 4 is 0 Å². The zero-order valence-corrected chi connectivity index (χ0v) is 8.55. The lowest BCUT2D eigenvalue weighted by Gasteiger charge is -2.05. The third-order valence-electron chi connectivity index (χ3n) is 3.90. The van der Waals surface area contributed by atoms with E-state index in [1.807, 2.05) is 0 Å². The van der Waals surface area contributed by atoms with Crippen LogP contribution in [0.25, 0.3) is 0 Å². The highest BCUT2D eigenvalue weighted by molar-refractivity contribution is 5.00. The van der Waals surface area contributed by atoms with Gasteiger partial charge in [0.05, 0.1) is 0 Å². The fourth-order valence-electron chi connectivity index (χ4n) is 3.16. The smallest absolute Gasteiger partial charge is 0.0352 e. The highest BCUT2D eigenvalue weighted by atomic mass is 14.6. The van der Waals surface area contributed by atoms with Crippen LogP contribution in [0.4, 0.5) is 0 Å². The molecule has 2 atom stereocenters. The summed E-state index contributed by atoms with van der Waals surface area (Å²) < 4.78 is 0. The summed E-state index contributed by atoms with van der Waals surface area (Å²) in [6.07, 6.45) is 9.17. The molecule has 70 valence electrons. The first-order valence-corrected chi connectivity index (χ1v) is 5.79. The van der Waals surface area contributed by atoms with E-state index < -0.39 is 0 Å². The summed E-state index contributed by atoms with van der Waals surface area (Å²) in [5.74, 6) is 4.48. The number of hydrogen-bond acceptors (Lipinski definition) is 0. The Hall–Kier alpha value is 0. The van der Waals surface area contributed by atoms with E-state index in [0.717, 1.165) is 5.92 Å². The molecule has 0 aliphatic heterocycles. The molecule has 0 saturated heterocycles. The molecule has 2 aliphatic carbocycles. The first-order chi connectivity index (χ1) is 5.79. The minimum Gasteiger partial charge on any atom is -0.0628 e. The van der Waals surface area contributed by atoms with E-state index in [-0.39, 0.29) is 0 Å². The third kappa shape index (κ3) is 1.67. The van der Waals surface area contributed by atoms with E-state index in [4.69, 9.17) is 0 Å². The van der Waals surface area contributed by atoms with Crippen molar-refractivity contribution in [3.63, 3.8) is 0 Å².